The number of aromatic nitrogens is 1. The van der Waals surface area contributed by atoms with E-state index in [9.17, 15) is 32.7 Å². The van der Waals surface area contributed by atoms with E-state index in [1.807, 2.05) is 0 Å². The van der Waals surface area contributed by atoms with Crippen molar-refractivity contribution >= 4 is 28.5 Å². The maximum Gasteiger partial charge on any atom is 0.417 e. The Morgan fingerprint density at radius 3 is 1.64 bits per heavy atom. The number of hydrogen-bond donors (Lipinski definition) is 2. The second-order valence-corrected chi connectivity index (χ2v) is 13.9. The minimum absolute atomic E-state index is 0.0105. The van der Waals surface area contributed by atoms with Crippen LogP contribution in [0, 0.1) is 0 Å². The van der Waals surface area contributed by atoms with Crippen LogP contribution in [0.25, 0.3) is 22.0 Å². The first-order chi connectivity index (χ1) is 31.1. The number of alkyl halides is 3. The molecule has 1 unspecified atom stereocenters. The predicted molar refractivity (Wildman–Crippen MR) is 224 cm³/mol. The van der Waals surface area contributed by atoms with Gasteiger partial charge in [0.25, 0.3) is 5.56 Å². The predicted octanol–water partition coefficient (Wildman–Crippen LogP) is 4.19. The number of nitrogens with zero attached hydrogens (tertiary/aromatic N) is 1. The van der Waals surface area contributed by atoms with E-state index >= 15 is 0 Å². The molecular formula is C43H59F3N2O16. The van der Waals surface area contributed by atoms with Gasteiger partial charge >= 0.3 is 18.2 Å². The molecule has 2 atom stereocenters. The molecule has 18 nitrogen and oxygen atoms in total. The average molecular weight is 917 g/mol. The minimum Gasteiger partial charge on any atom is -0.479 e. The second-order valence-electron chi connectivity index (χ2n) is 13.9. The quantitative estimate of drug-likeness (QED) is 0.0786. The molecule has 3 aromatic rings. The lowest BCUT2D eigenvalue weighted by molar-refractivity contribution is -0.153. The normalized spacial score (nSPS) is 14.7. The van der Waals surface area contributed by atoms with Crippen LogP contribution in [0.2, 0.25) is 0 Å². The molecular weight excluding hydrogens is 857 g/mol. The van der Waals surface area contributed by atoms with Gasteiger partial charge in [0.1, 0.15) is 6.10 Å². The van der Waals surface area contributed by atoms with Gasteiger partial charge in [-0.1, -0.05) is 24.3 Å². The fourth-order valence-electron chi connectivity index (χ4n) is 6.11. The zero-order valence-corrected chi connectivity index (χ0v) is 36.0. The number of aliphatic carboxylic acids is 1. The Balaban J connectivity index is 0.969. The lowest BCUT2D eigenvalue weighted by Crippen LogP contribution is -2.32. The Labute approximate surface area is 369 Å². The zero-order chi connectivity index (χ0) is 45.8. The third-order valence-electron chi connectivity index (χ3n) is 9.24. The number of fused-ring (bicyclic) bond motifs is 1. The molecule has 0 bridgehead atoms. The van der Waals surface area contributed by atoms with Crippen LogP contribution in [0.3, 0.4) is 0 Å². The summed E-state index contributed by atoms with van der Waals surface area (Å²) in [6.45, 7) is 7.99. The van der Waals surface area contributed by atoms with E-state index in [1.54, 1.807) is 7.11 Å². The highest BCUT2D eigenvalue weighted by Gasteiger charge is 2.36. The number of benzene rings is 2. The summed E-state index contributed by atoms with van der Waals surface area (Å²) in [6.07, 6.45) is -7.66. The molecule has 2 heterocycles. The molecule has 358 valence electrons. The monoisotopic (exact) mass is 916 g/mol. The summed E-state index contributed by atoms with van der Waals surface area (Å²) in [5.74, 6) is -1.24. The van der Waals surface area contributed by atoms with E-state index < -0.39 is 41.6 Å². The van der Waals surface area contributed by atoms with Crippen LogP contribution in [0.1, 0.15) is 12.0 Å². The number of methoxy groups -OCH3 is 1. The molecule has 1 saturated heterocycles. The summed E-state index contributed by atoms with van der Waals surface area (Å²) in [5, 5.41) is 10.2. The van der Waals surface area contributed by atoms with Crippen molar-refractivity contribution in [2.75, 3.05) is 151 Å². The number of pyridine rings is 1. The molecule has 0 saturated carbocycles. The lowest BCUT2D eigenvalue weighted by Gasteiger charge is -2.17. The molecule has 1 fully saturated rings. The van der Waals surface area contributed by atoms with Crippen LogP contribution in [0.15, 0.2) is 53.3 Å². The highest BCUT2D eigenvalue weighted by Crippen LogP contribution is 2.37. The van der Waals surface area contributed by atoms with Gasteiger partial charge in [-0.3, -0.25) is 9.69 Å². The van der Waals surface area contributed by atoms with Gasteiger partial charge in [0, 0.05) is 35.9 Å². The number of carbonyl (C=O) groups excluding carboxylic acids is 1. The molecule has 0 radical (unpaired) electrons. The number of cyclic esters (lactones) is 1. The second kappa shape index (κ2) is 30.0. The van der Waals surface area contributed by atoms with E-state index in [1.165, 1.54) is 47.4 Å². The number of carboxylic acid groups (broad SMARTS) is 1. The zero-order valence-electron chi connectivity index (χ0n) is 36.0. The number of amides is 1. The van der Waals surface area contributed by atoms with Gasteiger partial charge in [-0.2, -0.15) is 13.2 Å². The molecule has 21 heteroatoms. The third-order valence-corrected chi connectivity index (χ3v) is 9.24. The third kappa shape index (κ3) is 19.5. The van der Waals surface area contributed by atoms with Crippen molar-refractivity contribution in [2.24, 2.45) is 0 Å². The van der Waals surface area contributed by atoms with Gasteiger partial charge in [0.05, 0.1) is 144 Å². The Morgan fingerprint density at radius 2 is 1.17 bits per heavy atom. The molecule has 0 aliphatic carbocycles. The Kier molecular flexibility index (Phi) is 24.6. The van der Waals surface area contributed by atoms with E-state index in [0.29, 0.717) is 123 Å². The highest BCUT2D eigenvalue weighted by molar-refractivity contribution is 5.95. The highest BCUT2D eigenvalue weighted by atomic mass is 19.4. The number of aromatic amines is 1. The van der Waals surface area contributed by atoms with E-state index in [-0.39, 0.29) is 49.4 Å². The van der Waals surface area contributed by atoms with Gasteiger partial charge in [-0.15, -0.1) is 0 Å². The summed E-state index contributed by atoms with van der Waals surface area (Å²) in [6, 6.07) is 10.8. The van der Waals surface area contributed by atoms with E-state index in [0.717, 1.165) is 6.07 Å². The molecule has 1 amide bonds. The van der Waals surface area contributed by atoms with Crippen molar-refractivity contribution in [3.63, 3.8) is 0 Å². The van der Waals surface area contributed by atoms with Crippen molar-refractivity contribution < 1.29 is 84.7 Å². The molecule has 1 aromatic heterocycles. The summed E-state index contributed by atoms with van der Waals surface area (Å²) in [7, 11) is 1.63. The SMILES string of the molecule is COCCOCCOCCOCCOCCOCCOCCOCCOCCOCCOC(C[C@H]1CN(c2ccc3cc(-c4ccccc4C(F)(F)F)[nH]c(=O)c3c2)C(=O)O1)C(=O)O. The van der Waals surface area contributed by atoms with E-state index in [4.69, 9.17) is 56.8 Å². The minimum atomic E-state index is -4.63. The van der Waals surface area contributed by atoms with Crippen LogP contribution in [0.4, 0.5) is 23.7 Å². The molecule has 2 N–H and O–H groups in total. The number of carbonyl (C=O) groups is 2. The van der Waals surface area contributed by atoms with Gasteiger partial charge < -0.3 is 66.9 Å². The number of carboxylic acids is 1. The number of nitrogens with one attached hydrogen (secondary N) is 1. The fraction of sp³-hybridized carbons (Fsp3) is 0.605. The summed E-state index contributed by atoms with van der Waals surface area (Å²) >= 11 is 0. The number of halogens is 3. The summed E-state index contributed by atoms with van der Waals surface area (Å²) < 4.78 is 106. The van der Waals surface area contributed by atoms with Gasteiger partial charge in [0.15, 0.2) is 6.10 Å². The fourth-order valence-corrected chi connectivity index (χ4v) is 6.11. The first-order valence-corrected chi connectivity index (χ1v) is 20.9. The topological polar surface area (TPSA) is 201 Å². The molecule has 2 aromatic carbocycles. The number of ether oxygens (including phenoxy) is 12. The largest absolute Gasteiger partial charge is 0.479 e. The molecule has 1 aliphatic rings. The molecule has 0 spiro atoms. The van der Waals surface area contributed by atoms with Crippen molar-refractivity contribution in [3.05, 3.63) is 64.4 Å². The maximum atomic E-state index is 13.6. The average Bonchev–Trinajstić information content (AvgIpc) is 3.65. The number of rotatable bonds is 36. The Hall–Kier alpha value is -4.26. The molecule has 64 heavy (non-hydrogen) atoms. The van der Waals surface area contributed by atoms with Crippen molar-refractivity contribution in [2.45, 2.75) is 24.8 Å². The summed E-state index contributed by atoms with van der Waals surface area (Å²) in [5.41, 5.74) is -1.44. The molecule has 1 aliphatic heterocycles. The first kappa shape index (κ1) is 52.4. The van der Waals surface area contributed by atoms with Crippen LogP contribution in [0.5, 0.6) is 0 Å². The van der Waals surface area contributed by atoms with Gasteiger partial charge in [0.2, 0.25) is 0 Å². The number of H-pyrrole nitrogens is 1. The van der Waals surface area contributed by atoms with Crippen molar-refractivity contribution in [1.82, 2.24) is 4.98 Å². The van der Waals surface area contributed by atoms with Crippen LogP contribution in [-0.4, -0.2) is 180 Å². The summed E-state index contributed by atoms with van der Waals surface area (Å²) in [4.78, 5) is 41.5. The van der Waals surface area contributed by atoms with Gasteiger partial charge in [-0.05, 0) is 29.7 Å². The Bertz CT molecular complexity index is 1850. The van der Waals surface area contributed by atoms with Gasteiger partial charge in [-0.25, -0.2) is 9.59 Å². The first-order valence-electron chi connectivity index (χ1n) is 20.9. The smallest absolute Gasteiger partial charge is 0.417 e. The van der Waals surface area contributed by atoms with Crippen molar-refractivity contribution in [1.29, 1.82) is 0 Å². The number of hydrogen-bond acceptors (Lipinski definition) is 15. The lowest BCUT2D eigenvalue weighted by atomic mass is 10.0. The molecule has 4 rings (SSSR count). The standard InChI is InChI=1S/C43H59F3N2O16/c1-53-8-9-54-10-11-55-12-13-56-14-15-57-16-17-58-18-19-59-20-21-60-22-23-61-24-25-62-26-27-63-39(41(50)51)30-34-31-48(42(52)64-34)33-7-6-32-28-38(47-40(49)36(32)29-33)35-4-2-3-5-37(35)43(44,45)46/h2-7,28-29,34,39H,8-27,30-31H2,1H3,(H,47,49)(H,50,51)/t34-,39?/m0/s1. The number of anilines is 1. The Morgan fingerprint density at radius 1 is 0.703 bits per heavy atom. The maximum absolute atomic E-state index is 13.6. The van der Waals surface area contributed by atoms with Crippen LogP contribution >= 0.6 is 0 Å². The van der Waals surface area contributed by atoms with Crippen molar-refractivity contribution in [3.8, 4) is 11.3 Å². The van der Waals surface area contributed by atoms with E-state index in [2.05, 4.69) is 4.98 Å². The van der Waals surface area contributed by atoms with Crippen LogP contribution < -0.4 is 10.5 Å². The van der Waals surface area contributed by atoms with Crippen LogP contribution in [-0.2, 0) is 67.8 Å².